The van der Waals surface area contributed by atoms with Crippen molar-refractivity contribution in [2.75, 3.05) is 24.6 Å². The average Bonchev–Trinajstić information content (AvgIpc) is 2.46. The molecule has 0 amide bonds. The number of nitrogens with zero attached hydrogens (tertiary/aromatic N) is 2. The van der Waals surface area contributed by atoms with Crippen LogP contribution >= 0.6 is 11.6 Å². The summed E-state index contributed by atoms with van der Waals surface area (Å²) in [5, 5.41) is 12.1. The predicted molar refractivity (Wildman–Crippen MR) is 76.2 cm³/mol. The van der Waals surface area contributed by atoms with Gasteiger partial charge in [0.15, 0.2) is 5.84 Å². The zero-order valence-electron chi connectivity index (χ0n) is 10.8. The van der Waals surface area contributed by atoms with Crippen LogP contribution in [0.4, 0.5) is 5.69 Å². The van der Waals surface area contributed by atoms with Gasteiger partial charge in [-0.05, 0) is 24.6 Å². The second-order valence-corrected chi connectivity index (χ2v) is 4.90. The van der Waals surface area contributed by atoms with Crippen molar-refractivity contribution in [3.05, 3.63) is 28.8 Å². The number of nitrogens with two attached hydrogens (primary N) is 1. The molecule has 0 radical (unpaired) electrons. The number of morpholine rings is 1. The molecule has 0 aliphatic carbocycles. The molecule has 1 unspecified atom stereocenters. The molecule has 1 atom stereocenters. The van der Waals surface area contributed by atoms with E-state index in [0.717, 1.165) is 31.8 Å². The van der Waals surface area contributed by atoms with Gasteiger partial charge in [0.25, 0.3) is 0 Å². The van der Waals surface area contributed by atoms with Crippen LogP contribution in [0.15, 0.2) is 23.4 Å². The summed E-state index contributed by atoms with van der Waals surface area (Å²) in [4.78, 5) is 2.24. The monoisotopic (exact) mass is 283 g/mol. The number of hydrogen-bond donors (Lipinski definition) is 2. The van der Waals surface area contributed by atoms with E-state index in [-0.39, 0.29) is 11.9 Å². The molecule has 1 fully saturated rings. The summed E-state index contributed by atoms with van der Waals surface area (Å²) in [6, 6.07) is 5.54. The summed E-state index contributed by atoms with van der Waals surface area (Å²) in [5.41, 5.74) is 7.11. The van der Waals surface area contributed by atoms with Crippen molar-refractivity contribution in [2.45, 2.75) is 19.4 Å². The summed E-state index contributed by atoms with van der Waals surface area (Å²) in [6.45, 7) is 4.53. The molecule has 3 N–H and O–H groups in total. The SMILES string of the molecule is CCC1CN(c2ccc(C(N)=NO)c(Cl)c2)CCO1. The van der Waals surface area contributed by atoms with Gasteiger partial charge in [0.2, 0.25) is 0 Å². The quantitative estimate of drug-likeness (QED) is 0.385. The Morgan fingerprint density at radius 1 is 1.63 bits per heavy atom. The second-order valence-electron chi connectivity index (χ2n) is 4.50. The number of anilines is 1. The molecule has 104 valence electrons. The number of halogens is 1. The van der Waals surface area contributed by atoms with Crippen LogP contribution in [0.3, 0.4) is 0 Å². The maximum atomic E-state index is 8.67. The molecule has 0 aromatic heterocycles. The van der Waals surface area contributed by atoms with E-state index in [1.807, 2.05) is 12.1 Å². The van der Waals surface area contributed by atoms with Crippen LogP contribution in [0.25, 0.3) is 0 Å². The average molecular weight is 284 g/mol. The Kier molecular flexibility index (Phi) is 4.50. The Labute approximate surface area is 117 Å². The molecule has 1 heterocycles. The zero-order valence-corrected chi connectivity index (χ0v) is 11.6. The normalized spacial score (nSPS) is 20.6. The van der Waals surface area contributed by atoms with Crippen LogP contribution in [0.1, 0.15) is 18.9 Å². The highest BCUT2D eigenvalue weighted by molar-refractivity contribution is 6.34. The van der Waals surface area contributed by atoms with Crippen molar-refractivity contribution in [2.24, 2.45) is 10.9 Å². The van der Waals surface area contributed by atoms with Crippen LogP contribution in [-0.2, 0) is 4.74 Å². The van der Waals surface area contributed by atoms with E-state index >= 15 is 0 Å². The van der Waals surface area contributed by atoms with Crippen LogP contribution in [0.2, 0.25) is 5.02 Å². The lowest BCUT2D eigenvalue weighted by Gasteiger charge is -2.34. The molecule has 1 aromatic carbocycles. The Bertz CT molecular complexity index is 479. The lowest BCUT2D eigenvalue weighted by molar-refractivity contribution is 0.0384. The van der Waals surface area contributed by atoms with Crippen molar-refractivity contribution < 1.29 is 9.94 Å². The maximum absolute atomic E-state index is 8.67. The minimum Gasteiger partial charge on any atom is -0.409 e. The number of oxime groups is 1. The molecule has 6 heteroatoms. The van der Waals surface area contributed by atoms with Crippen LogP contribution in [0, 0.1) is 0 Å². The van der Waals surface area contributed by atoms with Gasteiger partial charge in [-0.3, -0.25) is 0 Å². The zero-order chi connectivity index (χ0) is 13.8. The summed E-state index contributed by atoms with van der Waals surface area (Å²) >= 11 is 6.16. The van der Waals surface area contributed by atoms with Gasteiger partial charge in [-0.2, -0.15) is 0 Å². The van der Waals surface area contributed by atoms with E-state index in [0.29, 0.717) is 10.6 Å². The Morgan fingerprint density at radius 3 is 3.05 bits per heavy atom. The third-order valence-electron chi connectivity index (χ3n) is 3.30. The molecule has 1 saturated heterocycles. The largest absolute Gasteiger partial charge is 0.409 e. The number of rotatable bonds is 3. The molecule has 2 rings (SSSR count). The Balaban J connectivity index is 2.20. The van der Waals surface area contributed by atoms with Crippen LogP contribution < -0.4 is 10.6 Å². The van der Waals surface area contributed by atoms with Gasteiger partial charge in [0.05, 0.1) is 17.7 Å². The van der Waals surface area contributed by atoms with Gasteiger partial charge in [0.1, 0.15) is 0 Å². The summed E-state index contributed by atoms with van der Waals surface area (Å²) < 4.78 is 5.64. The highest BCUT2D eigenvalue weighted by atomic mass is 35.5. The fourth-order valence-corrected chi connectivity index (χ4v) is 2.43. The lowest BCUT2D eigenvalue weighted by atomic mass is 10.1. The summed E-state index contributed by atoms with van der Waals surface area (Å²) in [6.07, 6.45) is 1.25. The second kappa shape index (κ2) is 6.12. The molecule has 0 spiro atoms. The van der Waals surface area contributed by atoms with Gasteiger partial charge >= 0.3 is 0 Å². The van der Waals surface area contributed by atoms with Crippen molar-refractivity contribution in [1.29, 1.82) is 0 Å². The topological polar surface area (TPSA) is 71.1 Å². The van der Waals surface area contributed by atoms with Gasteiger partial charge in [-0.15, -0.1) is 0 Å². The van der Waals surface area contributed by atoms with E-state index in [9.17, 15) is 0 Å². The van der Waals surface area contributed by atoms with Gasteiger partial charge in [-0.1, -0.05) is 23.7 Å². The maximum Gasteiger partial charge on any atom is 0.171 e. The van der Waals surface area contributed by atoms with E-state index in [1.54, 1.807) is 6.07 Å². The fourth-order valence-electron chi connectivity index (χ4n) is 2.16. The van der Waals surface area contributed by atoms with E-state index in [1.165, 1.54) is 0 Å². The first-order valence-corrected chi connectivity index (χ1v) is 6.67. The predicted octanol–water partition coefficient (Wildman–Crippen LogP) is 2.05. The van der Waals surface area contributed by atoms with Crippen LogP contribution in [-0.4, -0.2) is 36.8 Å². The molecule has 1 aliphatic heterocycles. The summed E-state index contributed by atoms with van der Waals surface area (Å²) in [7, 11) is 0. The summed E-state index contributed by atoms with van der Waals surface area (Å²) in [5.74, 6) is 0.0185. The van der Waals surface area contributed by atoms with Crippen molar-refractivity contribution in [1.82, 2.24) is 0 Å². The first-order chi connectivity index (χ1) is 9.15. The molecule has 5 nitrogen and oxygen atoms in total. The first kappa shape index (κ1) is 14.0. The fraction of sp³-hybridized carbons (Fsp3) is 0.462. The van der Waals surface area contributed by atoms with E-state index in [2.05, 4.69) is 17.0 Å². The standard InChI is InChI=1S/C13H18ClN3O2/c1-2-10-8-17(5-6-19-10)9-3-4-11(12(14)7-9)13(15)16-18/h3-4,7,10,18H,2,5-6,8H2,1H3,(H2,15,16). The minimum absolute atomic E-state index is 0.0185. The highest BCUT2D eigenvalue weighted by Gasteiger charge is 2.20. The number of amidine groups is 1. The third-order valence-corrected chi connectivity index (χ3v) is 3.61. The molecule has 1 aromatic rings. The minimum atomic E-state index is 0.0185. The van der Waals surface area contributed by atoms with Crippen LogP contribution in [0.5, 0.6) is 0 Å². The lowest BCUT2D eigenvalue weighted by Crippen LogP contribution is -2.42. The van der Waals surface area contributed by atoms with Crippen molar-refractivity contribution in [3.63, 3.8) is 0 Å². The number of hydrogen-bond acceptors (Lipinski definition) is 4. The number of ether oxygens (including phenoxy) is 1. The highest BCUT2D eigenvalue weighted by Crippen LogP contribution is 2.25. The molecular formula is C13H18ClN3O2. The van der Waals surface area contributed by atoms with E-state index in [4.69, 9.17) is 27.3 Å². The smallest absolute Gasteiger partial charge is 0.171 e. The molecule has 0 bridgehead atoms. The third kappa shape index (κ3) is 3.11. The Morgan fingerprint density at radius 2 is 2.42 bits per heavy atom. The van der Waals surface area contributed by atoms with Gasteiger partial charge in [0, 0.05) is 24.3 Å². The van der Waals surface area contributed by atoms with Crippen molar-refractivity contribution in [3.8, 4) is 0 Å². The molecule has 1 aliphatic rings. The molecule has 0 saturated carbocycles. The van der Waals surface area contributed by atoms with Crippen molar-refractivity contribution >= 4 is 23.1 Å². The van der Waals surface area contributed by atoms with Gasteiger partial charge in [-0.25, -0.2) is 0 Å². The van der Waals surface area contributed by atoms with E-state index < -0.39 is 0 Å². The number of benzene rings is 1. The Hall–Kier alpha value is -1.46. The van der Waals surface area contributed by atoms with Gasteiger partial charge < -0.3 is 20.6 Å². The first-order valence-electron chi connectivity index (χ1n) is 6.29. The molecule has 19 heavy (non-hydrogen) atoms. The molecular weight excluding hydrogens is 266 g/mol.